The molecule has 2 unspecified atom stereocenters. The SMILES string of the molecule is CCc1c(C(C)NCC(O)C(C)C)oc2ccccc12. The van der Waals surface area contributed by atoms with Crippen LogP contribution in [0.3, 0.4) is 0 Å². The monoisotopic (exact) mass is 275 g/mol. The third kappa shape index (κ3) is 3.05. The van der Waals surface area contributed by atoms with Crippen molar-refractivity contribution in [2.75, 3.05) is 6.54 Å². The molecule has 1 aromatic carbocycles. The maximum absolute atomic E-state index is 9.90. The molecule has 0 aliphatic rings. The van der Waals surface area contributed by atoms with Gasteiger partial charge in [-0.15, -0.1) is 0 Å². The predicted octanol–water partition coefficient (Wildman–Crippen LogP) is 3.66. The summed E-state index contributed by atoms with van der Waals surface area (Å²) in [5.74, 6) is 1.25. The number of rotatable bonds is 6. The van der Waals surface area contributed by atoms with Gasteiger partial charge in [0.1, 0.15) is 11.3 Å². The molecule has 0 bridgehead atoms. The van der Waals surface area contributed by atoms with Crippen molar-refractivity contribution in [3.63, 3.8) is 0 Å². The largest absolute Gasteiger partial charge is 0.459 e. The minimum absolute atomic E-state index is 0.103. The zero-order valence-corrected chi connectivity index (χ0v) is 12.8. The Bertz CT molecular complexity index is 559. The number of aliphatic hydroxyl groups excluding tert-OH is 1. The molecule has 2 rings (SSSR count). The molecule has 0 saturated carbocycles. The molecule has 0 fully saturated rings. The summed E-state index contributed by atoms with van der Waals surface area (Å²) in [5, 5.41) is 14.5. The molecule has 0 radical (unpaired) electrons. The van der Waals surface area contributed by atoms with E-state index in [1.54, 1.807) is 0 Å². The fourth-order valence-electron chi connectivity index (χ4n) is 2.46. The third-order valence-corrected chi connectivity index (χ3v) is 3.88. The van der Waals surface area contributed by atoms with Crippen LogP contribution < -0.4 is 5.32 Å². The Hall–Kier alpha value is -1.32. The van der Waals surface area contributed by atoms with Crippen LogP contribution in [-0.4, -0.2) is 17.8 Å². The quantitative estimate of drug-likeness (QED) is 0.845. The fourth-order valence-corrected chi connectivity index (χ4v) is 2.46. The number of para-hydroxylation sites is 1. The maximum Gasteiger partial charge on any atom is 0.134 e. The highest BCUT2D eigenvalue weighted by molar-refractivity contribution is 5.82. The molecular weight excluding hydrogens is 250 g/mol. The van der Waals surface area contributed by atoms with Crippen LogP contribution in [0.2, 0.25) is 0 Å². The van der Waals surface area contributed by atoms with E-state index in [0.29, 0.717) is 6.54 Å². The third-order valence-electron chi connectivity index (χ3n) is 3.88. The molecule has 2 N–H and O–H groups in total. The Kier molecular flexibility index (Phi) is 4.84. The Labute approximate surface area is 121 Å². The summed E-state index contributed by atoms with van der Waals surface area (Å²) in [6.45, 7) is 8.87. The smallest absolute Gasteiger partial charge is 0.134 e. The molecule has 1 aromatic heterocycles. The minimum Gasteiger partial charge on any atom is -0.459 e. The van der Waals surface area contributed by atoms with Crippen LogP contribution >= 0.6 is 0 Å². The normalized spacial score (nSPS) is 14.9. The van der Waals surface area contributed by atoms with Crippen LogP contribution in [-0.2, 0) is 6.42 Å². The van der Waals surface area contributed by atoms with Crippen molar-refractivity contribution in [2.45, 2.75) is 46.3 Å². The van der Waals surface area contributed by atoms with E-state index in [-0.39, 0.29) is 18.1 Å². The van der Waals surface area contributed by atoms with E-state index >= 15 is 0 Å². The first-order chi connectivity index (χ1) is 9.54. The second-order valence-electron chi connectivity index (χ2n) is 5.74. The van der Waals surface area contributed by atoms with Gasteiger partial charge in [-0.25, -0.2) is 0 Å². The van der Waals surface area contributed by atoms with Crippen molar-refractivity contribution in [2.24, 2.45) is 5.92 Å². The van der Waals surface area contributed by atoms with E-state index in [9.17, 15) is 5.11 Å². The molecule has 2 atom stereocenters. The zero-order valence-electron chi connectivity index (χ0n) is 12.8. The van der Waals surface area contributed by atoms with Crippen molar-refractivity contribution in [3.05, 3.63) is 35.6 Å². The highest BCUT2D eigenvalue weighted by Gasteiger charge is 2.19. The molecule has 20 heavy (non-hydrogen) atoms. The van der Waals surface area contributed by atoms with Gasteiger partial charge in [0.25, 0.3) is 0 Å². The highest BCUT2D eigenvalue weighted by Crippen LogP contribution is 2.30. The van der Waals surface area contributed by atoms with E-state index in [0.717, 1.165) is 17.8 Å². The fraction of sp³-hybridized carbons (Fsp3) is 0.529. The number of aliphatic hydroxyl groups is 1. The van der Waals surface area contributed by atoms with Gasteiger partial charge in [-0.3, -0.25) is 0 Å². The number of nitrogens with one attached hydrogen (secondary N) is 1. The van der Waals surface area contributed by atoms with Gasteiger partial charge < -0.3 is 14.8 Å². The van der Waals surface area contributed by atoms with Gasteiger partial charge in [0.15, 0.2) is 0 Å². The van der Waals surface area contributed by atoms with Crippen molar-refractivity contribution >= 4 is 11.0 Å². The van der Waals surface area contributed by atoms with Crippen molar-refractivity contribution in [3.8, 4) is 0 Å². The molecule has 3 nitrogen and oxygen atoms in total. The lowest BCUT2D eigenvalue weighted by Crippen LogP contribution is -2.32. The van der Waals surface area contributed by atoms with Crippen LogP contribution in [0.25, 0.3) is 11.0 Å². The number of fused-ring (bicyclic) bond motifs is 1. The summed E-state index contributed by atoms with van der Waals surface area (Å²) in [7, 11) is 0. The van der Waals surface area contributed by atoms with Gasteiger partial charge in [-0.2, -0.15) is 0 Å². The average Bonchev–Trinajstić information content (AvgIpc) is 2.82. The molecule has 2 aromatic rings. The van der Waals surface area contributed by atoms with E-state index in [4.69, 9.17) is 4.42 Å². The molecule has 0 amide bonds. The van der Waals surface area contributed by atoms with E-state index in [1.165, 1.54) is 10.9 Å². The van der Waals surface area contributed by atoms with E-state index in [2.05, 4.69) is 25.2 Å². The van der Waals surface area contributed by atoms with E-state index < -0.39 is 0 Å². The summed E-state index contributed by atoms with van der Waals surface area (Å²) < 4.78 is 6.00. The van der Waals surface area contributed by atoms with Gasteiger partial charge >= 0.3 is 0 Å². The van der Waals surface area contributed by atoms with Gasteiger partial charge in [-0.1, -0.05) is 39.0 Å². The lowest BCUT2D eigenvalue weighted by Gasteiger charge is -2.19. The highest BCUT2D eigenvalue weighted by atomic mass is 16.3. The summed E-state index contributed by atoms with van der Waals surface area (Å²) in [4.78, 5) is 0. The Morgan fingerprint density at radius 2 is 1.90 bits per heavy atom. The molecule has 110 valence electrons. The van der Waals surface area contributed by atoms with Gasteiger partial charge in [0.2, 0.25) is 0 Å². The first-order valence-electron chi connectivity index (χ1n) is 7.46. The van der Waals surface area contributed by atoms with Crippen LogP contribution in [0, 0.1) is 5.92 Å². The number of hydrogen-bond donors (Lipinski definition) is 2. The average molecular weight is 275 g/mol. The first kappa shape index (κ1) is 15.1. The number of benzene rings is 1. The Morgan fingerprint density at radius 1 is 1.20 bits per heavy atom. The predicted molar refractivity (Wildman–Crippen MR) is 82.9 cm³/mol. The Morgan fingerprint density at radius 3 is 2.55 bits per heavy atom. The van der Waals surface area contributed by atoms with Crippen LogP contribution in [0.5, 0.6) is 0 Å². The molecule has 0 saturated heterocycles. The van der Waals surface area contributed by atoms with E-state index in [1.807, 2.05) is 32.0 Å². The topological polar surface area (TPSA) is 45.4 Å². The van der Waals surface area contributed by atoms with Gasteiger partial charge in [0, 0.05) is 17.5 Å². The molecule has 0 aliphatic carbocycles. The molecule has 1 heterocycles. The van der Waals surface area contributed by atoms with Crippen LogP contribution in [0.4, 0.5) is 0 Å². The first-order valence-corrected chi connectivity index (χ1v) is 7.46. The lowest BCUT2D eigenvalue weighted by molar-refractivity contribution is 0.119. The lowest BCUT2D eigenvalue weighted by atomic mass is 10.0. The summed E-state index contributed by atoms with van der Waals surface area (Å²) in [5.41, 5.74) is 2.21. The summed E-state index contributed by atoms with van der Waals surface area (Å²) in [6, 6.07) is 8.26. The zero-order chi connectivity index (χ0) is 14.7. The summed E-state index contributed by atoms with van der Waals surface area (Å²) in [6.07, 6.45) is 0.623. The maximum atomic E-state index is 9.90. The molecular formula is C17H25NO2. The number of furan rings is 1. The minimum atomic E-state index is -0.327. The van der Waals surface area contributed by atoms with Crippen molar-refractivity contribution in [1.82, 2.24) is 5.32 Å². The van der Waals surface area contributed by atoms with Crippen LogP contribution in [0.1, 0.15) is 45.1 Å². The number of aryl methyl sites for hydroxylation is 1. The van der Waals surface area contributed by atoms with Crippen molar-refractivity contribution in [1.29, 1.82) is 0 Å². The van der Waals surface area contributed by atoms with Crippen LogP contribution in [0.15, 0.2) is 28.7 Å². The molecule has 3 heteroatoms. The molecule has 0 spiro atoms. The van der Waals surface area contributed by atoms with Gasteiger partial charge in [-0.05, 0) is 25.3 Å². The standard InChI is InChI=1S/C17H25NO2/c1-5-13-14-8-6-7-9-16(14)20-17(13)12(4)18-10-15(19)11(2)3/h6-9,11-12,15,18-19H,5,10H2,1-4H3. The van der Waals surface area contributed by atoms with Gasteiger partial charge in [0.05, 0.1) is 12.1 Å². The second-order valence-corrected chi connectivity index (χ2v) is 5.74. The molecule has 0 aliphatic heterocycles. The second kappa shape index (κ2) is 6.42. The number of hydrogen-bond acceptors (Lipinski definition) is 3. The Balaban J connectivity index is 2.19. The summed E-state index contributed by atoms with van der Waals surface area (Å²) >= 11 is 0. The van der Waals surface area contributed by atoms with Crippen molar-refractivity contribution < 1.29 is 9.52 Å².